The fourth-order valence-electron chi connectivity index (χ4n) is 1.13. The van der Waals surface area contributed by atoms with E-state index in [4.69, 9.17) is 17.3 Å². The predicted molar refractivity (Wildman–Crippen MR) is 64.0 cm³/mol. The summed E-state index contributed by atoms with van der Waals surface area (Å²) in [6.07, 6.45) is 1.67. The predicted octanol–water partition coefficient (Wildman–Crippen LogP) is 0.236. The molecular weight excluding hydrogens is 258 g/mol. The molecule has 1 aromatic rings. The van der Waals surface area contributed by atoms with Gasteiger partial charge in [0.1, 0.15) is 0 Å². The van der Waals surface area contributed by atoms with Crippen LogP contribution in [0.1, 0.15) is 5.69 Å². The summed E-state index contributed by atoms with van der Waals surface area (Å²) >= 11 is 3.30. The Morgan fingerprint density at radius 2 is 2.20 bits per heavy atom. The minimum absolute atomic E-state index is 0.274. The molecule has 6 N–H and O–H groups in total. The highest BCUT2D eigenvalue weighted by Gasteiger charge is 2.07. The van der Waals surface area contributed by atoms with Crippen LogP contribution in [0.5, 0.6) is 0 Å². The van der Waals surface area contributed by atoms with Crippen molar-refractivity contribution in [1.82, 2.24) is 9.99 Å². The van der Waals surface area contributed by atoms with Gasteiger partial charge in [0.05, 0.1) is 17.1 Å². The fourth-order valence-corrected chi connectivity index (χ4v) is 1.36. The Balaban J connectivity index is 3.10. The zero-order valence-corrected chi connectivity index (χ0v) is 10.0. The first kappa shape index (κ1) is 12.0. The second kappa shape index (κ2) is 5.11. The van der Waals surface area contributed by atoms with Crippen molar-refractivity contribution in [3.8, 4) is 0 Å². The van der Waals surface area contributed by atoms with Crippen molar-refractivity contribution in [1.29, 1.82) is 0 Å². The normalized spacial score (nSPS) is 12.3. The molecule has 0 fully saturated rings. The smallest absolute Gasteiger partial charge is 0.0878 e. The molecule has 5 nitrogen and oxygen atoms in total. The molecule has 0 aromatic carbocycles. The van der Waals surface area contributed by atoms with E-state index in [0.29, 0.717) is 17.1 Å². The molecule has 0 saturated heterocycles. The van der Waals surface area contributed by atoms with Crippen LogP contribution in [0.15, 0.2) is 28.5 Å². The first-order valence-electron chi connectivity index (χ1n) is 4.35. The molecule has 0 radical (unpaired) electrons. The molecule has 1 heterocycles. The Bertz CT molecular complexity index is 357. The van der Waals surface area contributed by atoms with Gasteiger partial charge in [0.25, 0.3) is 0 Å². The highest BCUT2D eigenvalue weighted by atomic mass is 79.9. The number of hydrogen-bond acceptors (Lipinski definition) is 5. The first-order chi connectivity index (χ1) is 7.06. The number of aromatic nitrogens is 1. The number of likely N-dealkylation sites (N-methyl/N-ethyl adjacent to an activating group) is 1. The molecule has 0 aliphatic carbocycles. The maximum Gasteiger partial charge on any atom is 0.0878 e. The molecule has 15 heavy (non-hydrogen) atoms. The molecule has 0 amide bonds. The highest BCUT2D eigenvalue weighted by Crippen LogP contribution is 2.14. The molecule has 0 bridgehead atoms. The Hall–Kier alpha value is -1.11. The molecule has 1 aromatic heterocycles. The lowest BCUT2D eigenvalue weighted by Crippen LogP contribution is -2.32. The van der Waals surface area contributed by atoms with E-state index in [1.165, 1.54) is 5.01 Å². The lowest BCUT2D eigenvalue weighted by molar-refractivity contribution is 0.435. The lowest BCUT2D eigenvalue weighted by Gasteiger charge is -2.17. The minimum atomic E-state index is 0.274. The Kier molecular flexibility index (Phi) is 4.07. The molecule has 0 unspecified atom stereocenters. The van der Waals surface area contributed by atoms with Crippen LogP contribution in [0.3, 0.4) is 0 Å². The fraction of sp³-hybridized carbons (Fsp3) is 0.222. The van der Waals surface area contributed by atoms with E-state index >= 15 is 0 Å². The van der Waals surface area contributed by atoms with E-state index < -0.39 is 0 Å². The highest BCUT2D eigenvalue weighted by molar-refractivity contribution is 9.10. The molecule has 1 rings (SSSR count). The summed E-state index contributed by atoms with van der Waals surface area (Å²) in [6.45, 7) is 0.274. The van der Waals surface area contributed by atoms with Gasteiger partial charge in [-0.25, -0.2) is 5.84 Å². The number of hydrogen-bond donors (Lipinski definition) is 3. The molecule has 0 aliphatic rings. The summed E-state index contributed by atoms with van der Waals surface area (Å²) in [7, 11) is 1.69. The molecule has 0 atom stereocenters. The average Bonchev–Trinajstić information content (AvgIpc) is 2.19. The van der Waals surface area contributed by atoms with Crippen LogP contribution in [0, 0.1) is 0 Å². The van der Waals surface area contributed by atoms with Gasteiger partial charge in [-0.05, 0) is 28.1 Å². The van der Waals surface area contributed by atoms with E-state index in [-0.39, 0.29) is 6.54 Å². The number of pyridine rings is 1. The lowest BCUT2D eigenvalue weighted by atomic mass is 10.2. The van der Waals surface area contributed by atoms with E-state index in [1.54, 1.807) is 19.3 Å². The Morgan fingerprint density at radius 3 is 2.60 bits per heavy atom. The molecule has 0 spiro atoms. The van der Waals surface area contributed by atoms with Gasteiger partial charge in [0, 0.05) is 24.3 Å². The summed E-state index contributed by atoms with van der Waals surface area (Å²) < 4.78 is 0.898. The molecule has 0 saturated carbocycles. The standard InChI is InChI=1S/C9H14BrN5/c1-15(13)8(4-11)9(12)7-3-2-6(10)5-14-7/h2-3,5H,4,11-13H2,1H3/b9-8-. The molecule has 82 valence electrons. The van der Waals surface area contributed by atoms with Crippen molar-refractivity contribution in [3.05, 3.63) is 34.2 Å². The van der Waals surface area contributed by atoms with Crippen molar-refractivity contribution in [3.63, 3.8) is 0 Å². The van der Waals surface area contributed by atoms with Crippen molar-refractivity contribution in [2.75, 3.05) is 13.6 Å². The average molecular weight is 272 g/mol. The van der Waals surface area contributed by atoms with Crippen molar-refractivity contribution in [2.45, 2.75) is 0 Å². The number of hydrazine groups is 1. The summed E-state index contributed by atoms with van der Waals surface area (Å²) in [5.41, 5.74) is 13.3. The third-order valence-corrected chi connectivity index (χ3v) is 2.40. The number of rotatable bonds is 3. The van der Waals surface area contributed by atoms with Crippen LogP contribution in [-0.2, 0) is 0 Å². The largest absolute Gasteiger partial charge is 0.395 e. The van der Waals surface area contributed by atoms with Crippen molar-refractivity contribution >= 4 is 21.6 Å². The summed E-state index contributed by atoms with van der Waals surface area (Å²) in [5, 5.41) is 1.40. The molecule has 0 aliphatic heterocycles. The number of nitrogens with two attached hydrogens (primary N) is 3. The first-order valence-corrected chi connectivity index (χ1v) is 5.14. The van der Waals surface area contributed by atoms with Gasteiger partial charge < -0.3 is 16.5 Å². The quantitative estimate of drug-likeness (QED) is 0.541. The van der Waals surface area contributed by atoms with E-state index in [0.717, 1.165) is 4.47 Å². The van der Waals surface area contributed by atoms with Crippen LogP contribution in [0.2, 0.25) is 0 Å². The van der Waals surface area contributed by atoms with Crippen LogP contribution in [0.4, 0.5) is 0 Å². The molecular formula is C9H14BrN5. The van der Waals surface area contributed by atoms with Gasteiger partial charge in [-0.2, -0.15) is 0 Å². The van der Waals surface area contributed by atoms with Gasteiger partial charge in [-0.3, -0.25) is 4.98 Å². The summed E-state index contributed by atoms with van der Waals surface area (Å²) in [6, 6.07) is 3.67. The third kappa shape index (κ3) is 2.92. The zero-order valence-electron chi connectivity index (χ0n) is 8.44. The van der Waals surface area contributed by atoms with E-state index in [2.05, 4.69) is 20.9 Å². The van der Waals surface area contributed by atoms with Crippen LogP contribution in [0.25, 0.3) is 5.70 Å². The summed E-state index contributed by atoms with van der Waals surface area (Å²) in [5.74, 6) is 5.59. The van der Waals surface area contributed by atoms with Crippen molar-refractivity contribution in [2.24, 2.45) is 17.3 Å². The van der Waals surface area contributed by atoms with Gasteiger partial charge >= 0.3 is 0 Å². The van der Waals surface area contributed by atoms with Gasteiger partial charge in [-0.15, -0.1) is 0 Å². The zero-order chi connectivity index (χ0) is 11.4. The maximum absolute atomic E-state index is 5.90. The van der Waals surface area contributed by atoms with E-state index in [1.807, 2.05) is 6.07 Å². The molecule has 6 heteroatoms. The van der Waals surface area contributed by atoms with Gasteiger partial charge in [0.2, 0.25) is 0 Å². The van der Waals surface area contributed by atoms with Crippen molar-refractivity contribution < 1.29 is 0 Å². The second-order valence-corrected chi connectivity index (χ2v) is 3.95. The van der Waals surface area contributed by atoms with Gasteiger partial charge in [-0.1, -0.05) is 0 Å². The Labute approximate surface area is 97.0 Å². The topological polar surface area (TPSA) is 94.2 Å². The monoisotopic (exact) mass is 271 g/mol. The summed E-state index contributed by atoms with van der Waals surface area (Å²) in [4.78, 5) is 4.16. The van der Waals surface area contributed by atoms with Gasteiger partial charge in [0.15, 0.2) is 0 Å². The van der Waals surface area contributed by atoms with E-state index in [9.17, 15) is 0 Å². The third-order valence-electron chi connectivity index (χ3n) is 1.93. The maximum atomic E-state index is 5.90. The van der Waals surface area contributed by atoms with Crippen LogP contribution in [-0.4, -0.2) is 23.6 Å². The SMILES string of the molecule is CN(N)/C(CN)=C(\N)c1ccc(Br)cn1. The second-order valence-electron chi connectivity index (χ2n) is 3.04. The number of nitrogens with zero attached hydrogens (tertiary/aromatic N) is 2. The number of halogens is 1. The Morgan fingerprint density at radius 1 is 1.53 bits per heavy atom. The van der Waals surface area contributed by atoms with Crippen LogP contribution < -0.4 is 17.3 Å². The minimum Gasteiger partial charge on any atom is -0.395 e. The van der Waals surface area contributed by atoms with Crippen LogP contribution >= 0.6 is 15.9 Å².